The van der Waals surface area contributed by atoms with Gasteiger partial charge in [0.15, 0.2) is 0 Å². The fraction of sp³-hybridized carbons (Fsp3) is 0.333. The third-order valence-electron chi connectivity index (χ3n) is 4.07. The standard InChI is InChI=1S/C18H20ClN3O4/c1-24-15-10-14(16(25-2)9-13(15)19)21-18(23)12-3-4-17(20-11-12)22-5-7-26-8-6-22/h3-4,9-11H,5-8H2,1-2H3,(H,21,23). The largest absolute Gasteiger partial charge is 0.495 e. The molecule has 1 aromatic carbocycles. The molecule has 8 heteroatoms. The number of carbonyl (C=O) groups is 1. The van der Waals surface area contributed by atoms with Gasteiger partial charge in [0.05, 0.1) is 43.7 Å². The van der Waals surface area contributed by atoms with Crippen LogP contribution in [0.25, 0.3) is 0 Å². The Kier molecular flexibility index (Phi) is 5.80. The van der Waals surface area contributed by atoms with Gasteiger partial charge in [0.2, 0.25) is 0 Å². The van der Waals surface area contributed by atoms with Gasteiger partial charge in [-0.2, -0.15) is 0 Å². The van der Waals surface area contributed by atoms with E-state index in [-0.39, 0.29) is 5.91 Å². The number of morpholine rings is 1. The highest BCUT2D eigenvalue weighted by atomic mass is 35.5. The Morgan fingerprint density at radius 3 is 2.54 bits per heavy atom. The molecule has 0 spiro atoms. The molecule has 7 nitrogen and oxygen atoms in total. The van der Waals surface area contributed by atoms with Gasteiger partial charge >= 0.3 is 0 Å². The number of halogens is 1. The summed E-state index contributed by atoms with van der Waals surface area (Å²) in [7, 11) is 3.01. The summed E-state index contributed by atoms with van der Waals surface area (Å²) in [6.45, 7) is 2.95. The van der Waals surface area contributed by atoms with Crippen molar-refractivity contribution in [3.05, 3.63) is 41.0 Å². The highest BCUT2D eigenvalue weighted by Gasteiger charge is 2.16. The maximum Gasteiger partial charge on any atom is 0.257 e. The van der Waals surface area contributed by atoms with Crippen molar-refractivity contribution >= 4 is 29.0 Å². The van der Waals surface area contributed by atoms with Crippen LogP contribution in [0.15, 0.2) is 30.5 Å². The van der Waals surface area contributed by atoms with Crippen LogP contribution in [0, 0.1) is 0 Å². The molecular formula is C18H20ClN3O4. The van der Waals surface area contributed by atoms with Crippen LogP contribution in [0.4, 0.5) is 11.5 Å². The second kappa shape index (κ2) is 8.25. The van der Waals surface area contributed by atoms with Crippen molar-refractivity contribution in [2.45, 2.75) is 0 Å². The third-order valence-corrected chi connectivity index (χ3v) is 4.36. The average Bonchev–Trinajstić information content (AvgIpc) is 2.69. The van der Waals surface area contributed by atoms with E-state index < -0.39 is 0 Å². The molecule has 0 atom stereocenters. The van der Waals surface area contributed by atoms with Gasteiger partial charge in [-0.05, 0) is 12.1 Å². The molecule has 2 heterocycles. The fourth-order valence-corrected chi connectivity index (χ4v) is 2.88. The Morgan fingerprint density at radius 2 is 1.92 bits per heavy atom. The summed E-state index contributed by atoms with van der Waals surface area (Å²) in [6.07, 6.45) is 1.56. The summed E-state index contributed by atoms with van der Waals surface area (Å²) < 4.78 is 15.8. The molecule has 1 N–H and O–H groups in total. The summed E-state index contributed by atoms with van der Waals surface area (Å²) in [6, 6.07) is 6.79. The number of hydrogen-bond donors (Lipinski definition) is 1. The molecule has 0 bridgehead atoms. The number of nitrogens with zero attached hydrogens (tertiary/aromatic N) is 2. The van der Waals surface area contributed by atoms with Crippen molar-refractivity contribution in [1.29, 1.82) is 0 Å². The molecule has 2 aromatic rings. The van der Waals surface area contributed by atoms with E-state index in [9.17, 15) is 4.79 Å². The predicted molar refractivity (Wildman–Crippen MR) is 99.8 cm³/mol. The van der Waals surface area contributed by atoms with E-state index in [4.69, 9.17) is 25.8 Å². The summed E-state index contributed by atoms with van der Waals surface area (Å²) in [5.74, 6) is 1.43. The maximum atomic E-state index is 12.5. The number of ether oxygens (including phenoxy) is 3. The molecule has 1 aromatic heterocycles. The summed E-state index contributed by atoms with van der Waals surface area (Å²) in [5, 5.41) is 3.20. The number of pyridine rings is 1. The quantitative estimate of drug-likeness (QED) is 0.863. The molecule has 1 amide bonds. The van der Waals surface area contributed by atoms with E-state index >= 15 is 0 Å². The first-order chi connectivity index (χ1) is 12.6. The number of benzene rings is 1. The second-order valence-electron chi connectivity index (χ2n) is 5.65. The number of methoxy groups -OCH3 is 2. The monoisotopic (exact) mass is 377 g/mol. The van der Waals surface area contributed by atoms with E-state index in [0.717, 1.165) is 18.9 Å². The van der Waals surface area contributed by atoms with Crippen LogP contribution in [-0.2, 0) is 4.74 Å². The summed E-state index contributed by atoms with van der Waals surface area (Å²) >= 11 is 6.08. The maximum absolute atomic E-state index is 12.5. The van der Waals surface area contributed by atoms with Gasteiger partial charge in [0.25, 0.3) is 5.91 Å². The molecule has 0 aliphatic carbocycles. The second-order valence-corrected chi connectivity index (χ2v) is 6.05. The highest BCUT2D eigenvalue weighted by Crippen LogP contribution is 2.36. The molecule has 0 radical (unpaired) electrons. The molecule has 138 valence electrons. The first-order valence-electron chi connectivity index (χ1n) is 8.14. The Balaban J connectivity index is 1.75. The van der Waals surface area contributed by atoms with Crippen LogP contribution in [0.1, 0.15) is 10.4 Å². The van der Waals surface area contributed by atoms with E-state index in [2.05, 4.69) is 15.2 Å². The topological polar surface area (TPSA) is 72.9 Å². The lowest BCUT2D eigenvalue weighted by Crippen LogP contribution is -2.36. The van der Waals surface area contributed by atoms with Crippen LogP contribution < -0.4 is 19.7 Å². The van der Waals surface area contributed by atoms with Gasteiger partial charge in [0.1, 0.15) is 17.3 Å². The van der Waals surface area contributed by atoms with Gasteiger partial charge < -0.3 is 24.4 Å². The Hall–Kier alpha value is -2.51. The normalized spacial score (nSPS) is 14.0. The van der Waals surface area contributed by atoms with Crippen LogP contribution in [0.3, 0.4) is 0 Å². The van der Waals surface area contributed by atoms with Crippen LogP contribution in [-0.4, -0.2) is 51.4 Å². The lowest BCUT2D eigenvalue weighted by atomic mass is 10.2. The SMILES string of the molecule is COc1cc(NC(=O)c2ccc(N3CCOCC3)nc2)c(OC)cc1Cl. The van der Waals surface area contributed by atoms with E-state index in [1.54, 1.807) is 24.4 Å². The summed E-state index contributed by atoms with van der Waals surface area (Å²) in [4.78, 5) is 19.1. The highest BCUT2D eigenvalue weighted by molar-refractivity contribution is 6.32. The van der Waals surface area contributed by atoms with Crippen LogP contribution in [0.2, 0.25) is 5.02 Å². The van der Waals surface area contributed by atoms with Gasteiger partial charge in [0, 0.05) is 31.4 Å². The fourth-order valence-electron chi connectivity index (χ4n) is 2.65. The van der Waals surface area contributed by atoms with E-state index in [1.807, 2.05) is 6.07 Å². The molecule has 1 saturated heterocycles. The van der Waals surface area contributed by atoms with Crippen LogP contribution in [0.5, 0.6) is 11.5 Å². The van der Waals surface area contributed by atoms with Crippen molar-refractivity contribution in [1.82, 2.24) is 4.98 Å². The van der Waals surface area contributed by atoms with Crippen molar-refractivity contribution in [2.24, 2.45) is 0 Å². The van der Waals surface area contributed by atoms with Gasteiger partial charge in [-0.3, -0.25) is 4.79 Å². The number of nitrogens with one attached hydrogen (secondary N) is 1. The van der Waals surface area contributed by atoms with Crippen LogP contribution >= 0.6 is 11.6 Å². The minimum absolute atomic E-state index is 0.297. The minimum atomic E-state index is -0.297. The first-order valence-corrected chi connectivity index (χ1v) is 8.52. The lowest BCUT2D eigenvalue weighted by Gasteiger charge is -2.27. The zero-order valence-corrected chi connectivity index (χ0v) is 15.4. The predicted octanol–water partition coefficient (Wildman–Crippen LogP) is 2.84. The Labute approximate surface area is 156 Å². The van der Waals surface area contributed by atoms with E-state index in [1.165, 1.54) is 14.2 Å². The first kappa shape index (κ1) is 18.3. The molecule has 0 saturated carbocycles. The van der Waals surface area contributed by atoms with Crippen molar-refractivity contribution in [3.63, 3.8) is 0 Å². The number of aromatic nitrogens is 1. The van der Waals surface area contributed by atoms with E-state index in [0.29, 0.717) is 41.0 Å². The molecule has 3 rings (SSSR count). The molecule has 26 heavy (non-hydrogen) atoms. The Morgan fingerprint density at radius 1 is 1.19 bits per heavy atom. The zero-order chi connectivity index (χ0) is 18.5. The van der Waals surface area contributed by atoms with Gasteiger partial charge in [-0.15, -0.1) is 0 Å². The lowest BCUT2D eigenvalue weighted by molar-refractivity contribution is 0.102. The Bertz CT molecular complexity index is 777. The van der Waals surface area contributed by atoms with Crippen molar-refractivity contribution in [3.8, 4) is 11.5 Å². The number of rotatable bonds is 5. The molecule has 1 fully saturated rings. The summed E-state index contributed by atoms with van der Waals surface area (Å²) in [5.41, 5.74) is 0.911. The number of anilines is 2. The number of amides is 1. The van der Waals surface area contributed by atoms with Gasteiger partial charge in [-0.25, -0.2) is 4.98 Å². The third kappa shape index (κ3) is 4.00. The molecular weight excluding hydrogens is 358 g/mol. The molecule has 0 unspecified atom stereocenters. The number of carbonyl (C=O) groups excluding carboxylic acids is 1. The van der Waals surface area contributed by atoms with Gasteiger partial charge in [-0.1, -0.05) is 11.6 Å². The zero-order valence-electron chi connectivity index (χ0n) is 14.6. The smallest absolute Gasteiger partial charge is 0.257 e. The molecule has 1 aliphatic rings. The van der Waals surface area contributed by atoms with Crippen molar-refractivity contribution < 1.29 is 19.0 Å². The number of hydrogen-bond acceptors (Lipinski definition) is 6. The average molecular weight is 378 g/mol. The minimum Gasteiger partial charge on any atom is -0.495 e. The molecule has 1 aliphatic heterocycles. The van der Waals surface area contributed by atoms with Crippen molar-refractivity contribution in [2.75, 3.05) is 50.7 Å².